The third-order valence-electron chi connectivity index (χ3n) is 2.36. The zero-order valence-electron chi connectivity index (χ0n) is 10.4. The summed E-state index contributed by atoms with van der Waals surface area (Å²) >= 11 is 0. The fraction of sp³-hybridized carbons (Fsp3) is 0.385. The van der Waals surface area contributed by atoms with Crippen LogP contribution in [-0.2, 0) is 4.74 Å². The highest BCUT2D eigenvalue weighted by molar-refractivity contribution is 5.88. The molecule has 1 amide bonds. The van der Waals surface area contributed by atoms with Crippen molar-refractivity contribution in [1.82, 2.24) is 0 Å². The number of anilines is 1. The van der Waals surface area contributed by atoms with Gasteiger partial charge < -0.3 is 4.74 Å². The zero-order chi connectivity index (χ0) is 12.8. The van der Waals surface area contributed by atoms with E-state index in [4.69, 9.17) is 4.74 Å². The van der Waals surface area contributed by atoms with Gasteiger partial charge in [0.15, 0.2) is 0 Å². The van der Waals surface area contributed by atoms with Gasteiger partial charge in [-0.2, -0.15) is 0 Å². The van der Waals surface area contributed by atoms with E-state index in [-0.39, 0.29) is 0 Å². The summed E-state index contributed by atoms with van der Waals surface area (Å²) in [6.07, 6.45) is 1.12. The summed E-state index contributed by atoms with van der Waals surface area (Å²) in [7, 11) is 0. The van der Waals surface area contributed by atoms with Crippen LogP contribution >= 0.6 is 0 Å². The van der Waals surface area contributed by atoms with E-state index in [2.05, 4.69) is 5.32 Å². The molecule has 1 aromatic rings. The summed E-state index contributed by atoms with van der Waals surface area (Å²) in [5, 5.41) is 2.69. The summed E-state index contributed by atoms with van der Waals surface area (Å²) in [5.41, 5.74) is 3.00. The molecule has 0 unspecified atom stereocenters. The van der Waals surface area contributed by atoms with Crippen molar-refractivity contribution >= 4 is 18.1 Å². The molecule has 1 N–H and O–H groups in total. The van der Waals surface area contributed by atoms with Gasteiger partial charge in [-0.05, 0) is 43.5 Å². The van der Waals surface area contributed by atoms with Gasteiger partial charge in [-0.25, -0.2) is 4.79 Å². The average Bonchev–Trinajstić information content (AvgIpc) is 2.30. The van der Waals surface area contributed by atoms with Crippen molar-refractivity contribution < 1.29 is 14.3 Å². The van der Waals surface area contributed by atoms with E-state index >= 15 is 0 Å². The first-order chi connectivity index (χ1) is 8.08. The fourth-order valence-electron chi connectivity index (χ4n) is 1.60. The van der Waals surface area contributed by atoms with Crippen molar-refractivity contribution in [3.8, 4) is 0 Å². The minimum atomic E-state index is -0.461. The Morgan fingerprint density at radius 3 is 2.41 bits per heavy atom. The summed E-state index contributed by atoms with van der Waals surface area (Å²) in [6.45, 7) is 6.02. The van der Waals surface area contributed by atoms with Gasteiger partial charge in [0.1, 0.15) is 6.29 Å². The van der Waals surface area contributed by atoms with Crippen molar-refractivity contribution in [1.29, 1.82) is 0 Å². The van der Waals surface area contributed by atoms with Crippen molar-refractivity contribution in [2.45, 2.75) is 27.2 Å². The Bertz CT molecular complexity index is 404. The Morgan fingerprint density at radius 2 is 1.94 bits per heavy atom. The predicted octanol–water partition coefficient (Wildman–Crippen LogP) is 3.07. The van der Waals surface area contributed by atoms with Gasteiger partial charge in [0.2, 0.25) is 0 Å². The third-order valence-corrected chi connectivity index (χ3v) is 2.36. The molecule has 17 heavy (non-hydrogen) atoms. The Kier molecular flexibility index (Phi) is 4.69. The molecular weight excluding hydrogens is 218 g/mol. The Balaban J connectivity index is 2.84. The maximum Gasteiger partial charge on any atom is 0.411 e. The van der Waals surface area contributed by atoms with E-state index in [9.17, 15) is 9.59 Å². The first-order valence-electron chi connectivity index (χ1n) is 5.58. The van der Waals surface area contributed by atoms with E-state index in [1.165, 1.54) is 0 Å². The highest BCUT2D eigenvalue weighted by Gasteiger charge is 2.09. The number of hydrogen-bond acceptors (Lipinski definition) is 3. The summed E-state index contributed by atoms with van der Waals surface area (Å²) < 4.78 is 4.94. The van der Waals surface area contributed by atoms with Gasteiger partial charge in [-0.1, -0.05) is 6.92 Å². The van der Waals surface area contributed by atoms with Gasteiger partial charge in [0, 0.05) is 11.3 Å². The van der Waals surface area contributed by atoms with Crippen molar-refractivity contribution in [3.63, 3.8) is 0 Å². The molecule has 1 aromatic carbocycles. The predicted molar refractivity (Wildman–Crippen MR) is 66.6 cm³/mol. The number of hydrogen-bond donors (Lipinski definition) is 1. The number of amides is 1. The van der Waals surface area contributed by atoms with Crippen LogP contribution < -0.4 is 5.32 Å². The smallest absolute Gasteiger partial charge is 0.411 e. The largest absolute Gasteiger partial charge is 0.449 e. The maximum atomic E-state index is 11.4. The number of carbonyl (C=O) groups excluding carboxylic acids is 2. The summed E-state index contributed by atoms with van der Waals surface area (Å²) in [5.74, 6) is 0. The van der Waals surface area contributed by atoms with Crippen molar-refractivity contribution in [2.75, 3.05) is 11.9 Å². The second-order valence-corrected chi connectivity index (χ2v) is 3.91. The second kappa shape index (κ2) is 6.03. The van der Waals surface area contributed by atoms with Gasteiger partial charge in [-0.3, -0.25) is 10.1 Å². The number of nitrogens with one attached hydrogen (secondary N) is 1. The number of benzene rings is 1. The molecule has 0 atom stereocenters. The topological polar surface area (TPSA) is 55.4 Å². The molecular formula is C13H17NO3. The molecule has 0 heterocycles. The first kappa shape index (κ1) is 13.2. The van der Waals surface area contributed by atoms with Crippen LogP contribution in [0.3, 0.4) is 0 Å². The Morgan fingerprint density at radius 1 is 1.35 bits per heavy atom. The van der Waals surface area contributed by atoms with Crippen molar-refractivity contribution in [3.05, 3.63) is 28.8 Å². The molecule has 0 aliphatic carbocycles. The summed E-state index contributed by atoms with van der Waals surface area (Å²) in [4.78, 5) is 22.1. The lowest BCUT2D eigenvalue weighted by atomic mass is 10.1. The van der Waals surface area contributed by atoms with Crippen LogP contribution in [0.1, 0.15) is 34.8 Å². The molecule has 92 valence electrons. The van der Waals surface area contributed by atoms with Crippen LogP contribution in [0.4, 0.5) is 10.5 Å². The minimum absolute atomic E-state index is 0.399. The molecule has 0 bridgehead atoms. The molecule has 1 rings (SSSR count). The number of aldehydes is 1. The lowest BCUT2D eigenvalue weighted by Gasteiger charge is -2.12. The number of carbonyl (C=O) groups is 2. The third kappa shape index (κ3) is 3.59. The van der Waals surface area contributed by atoms with Crippen LogP contribution in [0, 0.1) is 13.8 Å². The highest BCUT2D eigenvalue weighted by Crippen LogP contribution is 2.21. The van der Waals surface area contributed by atoms with Crippen LogP contribution in [-0.4, -0.2) is 19.0 Å². The molecule has 0 aliphatic rings. The van der Waals surface area contributed by atoms with E-state index in [0.29, 0.717) is 17.9 Å². The normalized spacial score (nSPS) is 9.82. The highest BCUT2D eigenvalue weighted by atomic mass is 16.5. The van der Waals surface area contributed by atoms with Crippen molar-refractivity contribution in [2.24, 2.45) is 0 Å². The molecule has 4 nitrogen and oxygen atoms in total. The first-order valence-corrected chi connectivity index (χ1v) is 5.58. The number of ether oxygens (including phenoxy) is 1. The van der Waals surface area contributed by atoms with E-state index in [1.807, 2.05) is 20.8 Å². The Labute approximate surface area is 101 Å². The van der Waals surface area contributed by atoms with Crippen LogP contribution in [0.5, 0.6) is 0 Å². The number of aryl methyl sites for hydroxylation is 2. The SMILES string of the molecule is CCCOC(=O)Nc1c(C)cc(C=O)cc1C. The molecule has 0 aliphatic heterocycles. The van der Waals surface area contributed by atoms with Gasteiger partial charge in [0.05, 0.1) is 6.61 Å². The van der Waals surface area contributed by atoms with E-state index < -0.39 is 6.09 Å². The molecule has 0 saturated carbocycles. The standard InChI is InChI=1S/C13H17NO3/c1-4-5-17-13(16)14-12-9(2)6-11(8-15)7-10(12)3/h6-8H,4-5H2,1-3H3,(H,14,16). The quantitative estimate of drug-likeness (QED) is 0.816. The maximum absolute atomic E-state index is 11.4. The van der Waals surface area contributed by atoms with E-state index in [0.717, 1.165) is 23.8 Å². The minimum Gasteiger partial charge on any atom is -0.449 e. The lowest BCUT2D eigenvalue weighted by molar-refractivity contribution is 0.112. The second-order valence-electron chi connectivity index (χ2n) is 3.91. The molecule has 0 saturated heterocycles. The zero-order valence-corrected chi connectivity index (χ0v) is 10.4. The molecule has 0 aromatic heterocycles. The molecule has 0 spiro atoms. The fourth-order valence-corrected chi connectivity index (χ4v) is 1.60. The Hall–Kier alpha value is -1.84. The molecule has 4 heteroatoms. The van der Waals surface area contributed by atoms with Gasteiger partial charge in [-0.15, -0.1) is 0 Å². The van der Waals surface area contributed by atoms with Gasteiger partial charge >= 0.3 is 6.09 Å². The average molecular weight is 235 g/mol. The lowest BCUT2D eigenvalue weighted by Crippen LogP contribution is -2.15. The molecule has 0 radical (unpaired) electrons. The van der Waals surface area contributed by atoms with Gasteiger partial charge in [0.25, 0.3) is 0 Å². The van der Waals surface area contributed by atoms with Crippen LogP contribution in [0.2, 0.25) is 0 Å². The summed E-state index contributed by atoms with van der Waals surface area (Å²) in [6, 6.07) is 3.46. The van der Waals surface area contributed by atoms with E-state index in [1.54, 1.807) is 12.1 Å². The van der Waals surface area contributed by atoms with Crippen LogP contribution in [0.15, 0.2) is 12.1 Å². The van der Waals surface area contributed by atoms with Crippen LogP contribution in [0.25, 0.3) is 0 Å². The molecule has 0 fully saturated rings. The number of rotatable bonds is 4. The monoisotopic (exact) mass is 235 g/mol.